The fourth-order valence-corrected chi connectivity index (χ4v) is 16.1. The molecule has 3 saturated carbocycles. The highest BCUT2D eigenvalue weighted by Crippen LogP contribution is 2.43. The van der Waals surface area contributed by atoms with Crippen LogP contribution < -0.4 is 0 Å². The van der Waals surface area contributed by atoms with Gasteiger partial charge in [-0.2, -0.15) is 0 Å². The number of unbranched alkanes of at least 4 members (excludes halogenated alkanes) is 4. The minimum absolute atomic E-state index is 0.0207. The normalized spacial score (nSPS) is 27.9. The molecule has 0 N–H and O–H groups in total. The third-order valence-electron chi connectivity index (χ3n) is 12.9. The Kier molecular flexibility index (Phi) is 15.6. The molecule has 1 aromatic carbocycles. The summed E-state index contributed by atoms with van der Waals surface area (Å²) in [5.41, 5.74) is 3.83. The topological polar surface area (TPSA) is 52.6 Å². The van der Waals surface area contributed by atoms with Crippen molar-refractivity contribution in [2.75, 3.05) is 0 Å². The molecule has 3 atom stereocenters. The summed E-state index contributed by atoms with van der Waals surface area (Å²) in [5, 5.41) is 0. The molecule has 49 heavy (non-hydrogen) atoms. The lowest BCUT2D eigenvalue weighted by Crippen LogP contribution is -2.39. The number of ether oxygens (including phenoxy) is 2. The van der Waals surface area contributed by atoms with Crippen LogP contribution in [-0.2, 0) is 19.1 Å². The largest absolute Gasteiger partial charge is 0.462 e. The number of carbonyl (C=O) groups is 2. The van der Waals surface area contributed by atoms with Gasteiger partial charge in [0.25, 0.3) is 0 Å². The number of benzene rings is 1. The van der Waals surface area contributed by atoms with E-state index in [2.05, 4.69) is 70.9 Å². The van der Waals surface area contributed by atoms with Crippen molar-refractivity contribution < 1.29 is 19.1 Å². The molecule has 0 heterocycles. The molecule has 4 nitrogen and oxygen atoms in total. The van der Waals surface area contributed by atoms with Gasteiger partial charge in [-0.25, -0.2) is 0 Å². The monoisotopic (exact) mass is 706 g/mol. The van der Waals surface area contributed by atoms with Crippen molar-refractivity contribution >= 4 is 28.1 Å². The van der Waals surface area contributed by atoms with Gasteiger partial charge < -0.3 is 9.47 Å². The van der Waals surface area contributed by atoms with Crippen molar-refractivity contribution in [2.24, 2.45) is 17.8 Å². The van der Waals surface area contributed by atoms with Crippen LogP contribution in [0.4, 0.5) is 0 Å². The van der Waals surface area contributed by atoms with Crippen LogP contribution in [-0.4, -0.2) is 40.3 Å². The maximum atomic E-state index is 13.8. The average Bonchev–Trinajstić information content (AvgIpc) is 3.08. The van der Waals surface area contributed by atoms with E-state index in [1.165, 1.54) is 81.9 Å². The number of rotatable bonds is 14. The van der Waals surface area contributed by atoms with Gasteiger partial charge >= 0.3 is 11.9 Å². The number of hydrogen-bond donors (Lipinski definition) is 0. The van der Waals surface area contributed by atoms with E-state index in [0.29, 0.717) is 19.3 Å². The molecule has 6 heteroatoms. The Bertz CT molecular complexity index is 1230. The zero-order chi connectivity index (χ0) is 35.4. The molecule has 0 aromatic heterocycles. The van der Waals surface area contributed by atoms with Crippen LogP contribution in [0.3, 0.4) is 0 Å². The summed E-state index contributed by atoms with van der Waals surface area (Å²) in [5.74, 6) is 5.96. The van der Waals surface area contributed by atoms with E-state index in [-0.39, 0.29) is 41.9 Å². The van der Waals surface area contributed by atoms with E-state index in [0.717, 1.165) is 42.3 Å². The van der Waals surface area contributed by atoms with Gasteiger partial charge in [-0.15, -0.1) is 0 Å². The first-order valence-corrected chi connectivity index (χ1v) is 27.0. The average molecular weight is 707 g/mol. The number of hydrogen-bond acceptors (Lipinski definition) is 4. The Balaban J connectivity index is 1.33. The Morgan fingerprint density at radius 3 is 1.65 bits per heavy atom. The third kappa shape index (κ3) is 12.1. The van der Waals surface area contributed by atoms with Gasteiger partial charge in [0.05, 0.1) is 28.0 Å². The predicted molar refractivity (Wildman–Crippen MR) is 210 cm³/mol. The molecule has 0 bridgehead atoms. The van der Waals surface area contributed by atoms with Gasteiger partial charge in [-0.05, 0) is 101 Å². The van der Waals surface area contributed by atoms with Crippen molar-refractivity contribution in [3.63, 3.8) is 0 Å². The van der Waals surface area contributed by atoms with E-state index < -0.39 is 16.1 Å². The van der Waals surface area contributed by atoms with Gasteiger partial charge in [0.15, 0.2) is 0 Å². The SMILES string of the molecule is CCCCC[Si](C)(C)C1CCC(OC(=O)C2CCC(C(=O)OC3CCC([Si](C)(C)CCCCC)CC3)C(C#Cc3ccc(C)cc3)C2)CC1. The summed E-state index contributed by atoms with van der Waals surface area (Å²) in [6.07, 6.45) is 18.7. The van der Waals surface area contributed by atoms with Crippen molar-refractivity contribution in [1.29, 1.82) is 0 Å². The molecule has 3 aliphatic carbocycles. The highest BCUT2D eigenvalue weighted by Gasteiger charge is 2.42. The molecular formula is C43H70O4Si2. The van der Waals surface area contributed by atoms with E-state index >= 15 is 0 Å². The Labute approximate surface area is 302 Å². The summed E-state index contributed by atoms with van der Waals surface area (Å²) in [4.78, 5) is 27.4. The number of aryl methyl sites for hydroxylation is 1. The second-order valence-electron chi connectivity index (χ2n) is 17.6. The number of carbonyl (C=O) groups excluding carboxylic acids is 2. The Morgan fingerprint density at radius 2 is 1.16 bits per heavy atom. The van der Waals surface area contributed by atoms with Crippen LogP contribution in [0.1, 0.15) is 134 Å². The summed E-state index contributed by atoms with van der Waals surface area (Å²) in [6.45, 7) is 16.9. The zero-order valence-electron chi connectivity index (χ0n) is 32.4. The van der Waals surface area contributed by atoms with E-state index in [9.17, 15) is 9.59 Å². The minimum atomic E-state index is -1.25. The fraction of sp³-hybridized carbons (Fsp3) is 0.767. The Morgan fingerprint density at radius 1 is 0.673 bits per heavy atom. The smallest absolute Gasteiger partial charge is 0.310 e. The predicted octanol–water partition coefficient (Wildman–Crippen LogP) is 11.9. The molecule has 0 spiro atoms. The molecule has 3 aliphatic rings. The lowest BCUT2D eigenvalue weighted by molar-refractivity contribution is -0.164. The first-order chi connectivity index (χ1) is 23.4. The third-order valence-corrected chi connectivity index (χ3v) is 21.8. The van der Waals surface area contributed by atoms with Gasteiger partial charge in [0.2, 0.25) is 0 Å². The van der Waals surface area contributed by atoms with Crippen LogP contribution in [0, 0.1) is 36.5 Å². The molecule has 274 valence electrons. The second kappa shape index (κ2) is 19.1. The van der Waals surface area contributed by atoms with Crippen molar-refractivity contribution in [2.45, 2.75) is 191 Å². The summed E-state index contributed by atoms with van der Waals surface area (Å²) in [6, 6.07) is 11.1. The highest BCUT2D eigenvalue weighted by molar-refractivity contribution is 6.79. The first kappa shape index (κ1) is 39.9. The molecule has 3 unspecified atom stereocenters. The van der Waals surface area contributed by atoms with E-state index in [1.807, 2.05) is 12.1 Å². The molecule has 1 aromatic rings. The van der Waals surface area contributed by atoms with Crippen molar-refractivity contribution in [1.82, 2.24) is 0 Å². The lowest BCUT2D eigenvalue weighted by Gasteiger charge is -2.39. The highest BCUT2D eigenvalue weighted by atomic mass is 28.3. The van der Waals surface area contributed by atoms with Crippen LogP contribution in [0.5, 0.6) is 0 Å². The lowest BCUT2D eigenvalue weighted by atomic mass is 9.74. The van der Waals surface area contributed by atoms with E-state index in [1.54, 1.807) is 0 Å². The summed E-state index contributed by atoms with van der Waals surface area (Å²) >= 11 is 0. The standard InChI is InChI=1S/C43H70O4Si2/c1-8-10-12-30-48(4,5)39-25-21-37(22-26-39)46-42(44)36-20-29-41(35(32-36)19-18-34-16-14-33(3)15-17-34)43(45)47-38-23-27-40(28-24-38)49(6,7)31-13-11-9-2/h14-17,35-41H,8-13,20-32H2,1-7H3. The van der Waals surface area contributed by atoms with Crippen LogP contribution in [0.2, 0.25) is 49.4 Å². The molecule has 4 rings (SSSR count). The minimum Gasteiger partial charge on any atom is -0.462 e. The molecule has 0 saturated heterocycles. The van der Waals surface area contributed by atoms with Crippen molar-refractivity contribution in [3.05, 3.63) is 35.4 Å². The van der Waals surface area contributed by atoms with Gasteiger partial charge in [0.1, 0.15) is 12.2 Å². The quantitative estimate of drug-likeness (QED) is 0.0836. The molecular weight excluding hydrogens is 637 g/mol. The van der Waals surface area contributed by atoms with Gasteiger partial charge in [-0.3, -0.25) is 9.59 Å². The Hall–Kier alpha value is -1.85. The molecule has 3 fully saturated rings. The fourth-order valence-electron chi connectivity index (χ4n) is 9.15. The molecule has 0 aliphatic heterocycles. The van der Waals surface area contributed by atoms with Crippen molar-refractivity contribution in [3.8, 4) is 11.8 Å². The van der Waals surface area contributed by atoms with Crippen LogP contribution >= 0.6 is 0 Å². The maximum absolute atomic E-state index is 13.8. The van der Waals surface area contributed by atoms with Gasteiger partial charge in [0, 0.05) is 11.5 Å². The summed E-state index contributed by atoms with van der Waals surface area (Å²) in [7, 11) is -2.50. The van der Waals surface area contributed by atoms with E-state index in [4.69, 9.17) is 9.47 Å². The summed E-state index contributed by atoms with van der Waals surface area (Å²) < 4.78 is 12.5. The second-order valence-corrected chi connectivity index (χ2v) is 28.2. The first-order valence-electron chi connectivity index (χ1n) is 20.4. The van der Waals surface area contributed by atoms with Crippen LogP contribution in [0.15, 0.2) is 24.3 Å². The van der Waals surface area contributed by atoms with Gasteiger partial charge in [-0.1, -0.05) is 120 Å². The molecule has 0 amide bonds. The zero-order valence-corrected chi connectivity index (χ0v) is 34.4. The van der Waals surface area contributed by atoms with Crippen LogP contribution in [0.25, 0.3) is 0 Å². The maximum Gasteiger partial charge on any atom is 0.310 e. The number of esters is 2. The molecule has 0 radical (unpaired) electrons.